The Morgan fingerprint density at radius 1 is 0.453 bits per heavy atom. The van der Waals surface area contributed by atoms with Crippen LogP contribution in [0.4, 0.5) is 0 Å². The lowest BCUT2D eigenvalue weighted by molar-refractivity contribution is -0.301. The van der Waals surface area contributed by atoms with Gasteiger partial charge in [0.25, 0.3) is 0 Å². The quantitative estimate of drug-likeness (QED) is 0.0228. The van der Waals surface area contributed by atoms with E-state index >= 15 is 0 Å². The van der Waals surface area contributed by atoms with Crippen molar-refractivity contribution in [3.63, 3.8) is 0 Å². The SMILES string of the molecule is CC/C=C\C/C=C\C/C=C\CCCCCC(=O)OC(COC(=O)CCCCCCCCC/C=C\C/C=C\CCCCC)COC1OC(C(=O)O)C(O)C(O)C1OC(=O)CCCCCCCCCCCCCCCCC. The molecule has 0 bridgehead atoms. The summed E-state index contributed by atoms with van der Waals surface area (Å²) in [7, 11) is 0. The van der Waals surface area contributed by atoms with E-state index in [1.807, 2.05) is 0 Å². The minimum Gasteiger partial charge on any atom is -0.479 e. The second-order valence-electron chi connectivity index (χ2n) is 20.6. The molecule has 0 saturated carbocycles. The minimum absolute atomic E-state index is 0.0588. The molecule has 0 aromatic rings. The molecule has 432 valence electrons. The van der Waals surface area contributed by atoms with Gasteiger partial charge >= 0.3 is 23.9 Å². The number of carbonyl (C=O) groups excluding carboxylic acids is 3. The van der Waals surface area contributed by atoms with Gasteiger partial charge in [0.1, 0.15) is 18.8 Å². The van der Waals surface area contributed by atoms with Crippen LogP contribution in [-0.4, -0.2) is 89.2 Å². The topological polar surface area (TPSA) is 175 Å². The standard InChI is InChI=1S/C63H108O12/c1-4-7-10-13-16-19-22-25-27-28-30-32-34-37-40-43-46-49-55(64)71-52-54(73-56(65)50-47-44-41-38-35-31-24-21-18-15-12-9-6-3)53-72-63-61(59(68)58(67)60(75-63)62(69)70)74-57(66)51-48-45-42-39-36-33-29-26-23-20-17-14-11-8-5-2/h9,12,16,18-19,21,25,27,31,35,54,58-61,63,67-68H,4-8,10-11,13-15,17,20,22-24,26,28-30,32-34,36-53H2,1-3H3,(H,69,70)/b12-9-,19-16-,21-18-,27-25-,35-31-. The number of carboxylic acids is 1. The first-order valence-corrected chi connectivity index (χ1v) is 30.3. The predicted molar refractivity (Wildman–Crippen MR) is 303 cm³/mol. The molecule has 75 heavy (non-hydrogen) atoms. The normalized spacial score (nSPS) is 18.5. The summed E-state index contributed by atoms with van der Waals surface area (Å²) in [6.45, 7) is 5.84. The number of carboxylic acid groups (broad SMARTS) is 1. The first-order valence-electron chi connectivity index (χ1n) is 30.3. The Labute approximate surface area is 456 Å². The maximum absolute atomic E-state index is 13.1. The highest BCUT2D eigenvalue weighted by atomic mass is 16.7. The highest BCUT2D eigenvalue weighted by molar-refractivity contribution is 5.74. The number of rotatable bonds is 51. The number of aliphatic hydroxyl groups excluding tert-OH is 2. The van der Waals surface area contributed by atoms with Gasteiger partial charge in [0.2, 0.25) is 0 Å². The van der Waals surface area contributed by atoms with E-state index in [-0.39, 0.29) is 25.9 Å². The lowest BCUT2D eigenvalue weighted by atomic mass is 9.98. The number of allylic oxidation sites excluding steroid dienone is 10. The Balaban J connectivity index is 2.69. The average Bonchev–Trinajstić information content (AvgIpc) is 3.39. The maximum Gasteiger partial charge on any atom is 0.335 e. The summed E-state index contributed by atoms with van der Waals surface area (Å²) in [5.41, 5.74) is 0. The number of unbranched alkanes of at least 4 members (excludes halogenated alkanes) is 27. The van der Waals surface area contributed by atoms with Crippen LogP contribution in [0.25, 0.3) is 0 Å². The van der Waals surface area contributed by atoms with E-state index in [2.05, 4.69) is 81.5 Å². The minimum atomic E-state index is -1.91. The molecule has 1 fully saturated rings. The molecule has 1 heterocycles. The molecule has 6 atom stereocenters. The van der Waals surface area contributed by atoms with Crippen LogP contribution in [0.2, 0.25) is 0 Å². The Morgan fingerprint density at radius 3 is 1.32 bits per heavy atom. The van der Waals surface area contributed by atoms with E-state index in [1.54, 1.807) is 0 Å². The second kappa shape index (κ2) is 51.2. The van der Waals surface area contributed by atoms with Crippen molar-refractivity contribution in [1.29, 1.82) is 0 Å². The molecule has 1 aliphatic rings. The van der Waals surface area contributed by atoms with Crippen molar-refractivity contribution in [1.82, 2.24) is 0 Å². The van der Waals surface area contributed by atoms with Gasteiger partial charge < -0.3 is 39.0 Å². The van der Waals surface area contributed by atoms with Gasteiger partial charge in [0, 0.05) is 19.3 Å². The molecule has 6 unspecified atom stereocenters. The van der Waals surface area contributed by atoms with Crippen LogP contribution in [0.3, 0.4) is 0 Å². The molecule has 1 aliphatic heterocycles. The van der Waals surface area contributed by atoms with Crippen molar-refractivity contribution in [3.05, 3.63) is 60.8 Å². The molecular formula is C63H108O12. The first kappa shape index (κ1) is 69.4. The molecule has 0 aromatic carbocycles. The summed E-state index contributed by atoms with van der Waals surface area (Å²) >= 11 is 0. The van der Waals surface area contributed by atoms with Gasteiger partial charge in [-0.1, -0.05) is 223 Å². The van der Waals surface area contributed by atoms with Gasteiger partial charge in [0.05, 0.1) is 6.61 Å². The fraction of sp³-hybridized carbons (Fsp3) is 0.778. The molecule has 0 amide bonds. The van der Waals surface area contributed by atoms with Crippen molar-refractivity contribution in [2.75, 3.05) is 13.2 Å². The van der Waals surface area contributed by atoms with Gasteiger partial charge in [-0.05, 0) is 83.5 Å². The number of ether oxygens (including phenoxy) is 5. The van der Waals surface area contributed by atoms with E-state index in [9.17, 15) is 34.5 Å². The van der Waals surface area contributed by atoms with Crippen molar-refractivity contribution in [3.8, 4) is 0 Å². The monoisotopic (exact) mass is 1060 g/mol. The van der Waals surface area contributed by atoms with Gasteiger partial charge in [0.15, 0.2) is 24.6 Å². The highest BCUT2D eigenvalue weighted by Crippen LogP contribution is 2.26. The number of hydrogen-bond acceptors (Lipinski definition) is 11. The lowest BCUT2D eigenvalue weighted by Crippen LogP contribution is -2.61. The third-order valence-corrected chi connectivity index (χ3v) is 13.6. The van der Waals surface area contributed by atoms with Crippen LogP contribution < -0.4 is 0 Å². The van der Waals surface area contributed by atoms with Crippen LogP contribution in [-0.2, 0) is 42.9 Å². The van der Waals surface area contributed by atoms with Crippen LogP contribution in [0, 0.1) is 0 Å². The van der Waals surface area contributed by atoms with Crippen molar-refractivity contribution >= 4 is 23.9 Å². The zero-order valence-electron chi connectivity index (χ0n) is 47.5. The average molecular weight is 1060 g/mol. The lowest BCUT2D eigenvalue weighted by Gasteiger charge is -2.40. The van der Waals surface area contributed by atoms with E-state index in [0.29, 0.717) is 19.3 Å². The van der Waals surface area contributed by atoms with E-state index < -0.39 is 67.3 Å². The number of carbonyl (C=O) groups is 4. The smallest absolute Gasteiger partial charge is 0.335 e. The fourth-order valence-electron chi connectivity index (χ4n) is 8.94. The molecule has 12 heteroatoms. The molecule has 0 radical (unpaired) electrons. The van der Waals surface area contributed by atoms with Gasteiger partial charge in [-0.25, -0.2) is 4.79 Å². The Hall–Kier alpha value is -3.58. The zero-order valence-corrected chi connectivity index (χ0v) is 47.5. The van der Waals surface area contributed by atoms with Crippen LogP contribution in [0.5, 0.6) is 0 Å². The molecule has 0 spiro atoms. The molecule has 0 aromatic heterocycles. The number of aliphatic hydroxyl groups is 2. The van der Waals surface area contributed by atoms with E-state index in [0.717, 1.165) is 103 Å². The molecule has 1 saturated heterocycles. The third-order valence-electron chi connectivity index (χ3n) is 13.6. The van der Waals surface area contributed by atoms with Gasteiger partial charge in [-0.2, -0.15) is 0 Å². The summed E-state index contributed by atoms with van der Waals surface area (Å²) in [5.74, 6) is -3.16. The molecule has 1 rings (SSSR count). The second-order valence-corrected chi connectivity index (χ2v) is 20.6. The summed E-state index contributed by atoms with van der Waals surface area (Å²) in [6, 6.07) is 0. The zero-order chi connectivity index (χ0) is 54.7. The van der Waals surface area contributed by atoms with Crippen LogP contribution >= 0.6 is 0 Å². The number of aliphatic carboxylic acids is 1. The fourth-order valence-corrected chi connectivity index (χ4v) is 8.94. The summed E-state index contributed by atoms with van der Waals surface area (Å²) in [6.07, 6.45) is 50.5. The Morgan fingerprint density at radius 2 is 0.840 bits per heavy atom. The van der Waals surface area contributed by atoms with Crippen molar-refractivity contribution in [2.45, 2.75) is 302 Å². The maximum atomic E-state index is 13.1. The largest absolute Gasteiger partial charge is 0.479 e. The molecular weight excluding hydrogens is 949 g/mol. The van der Waals surface area contributed by atoms with Crippen molar-refractivity contribution < 1.29 is 58.2 Å². The van der Waals surface area contributed by atoms with Crippen LogP contribution in [0.15, 0.2) is 60.8 Å². The first-order chi connectivity index (χ1) is 36.6. The van der Waals surface area contributed by atoms with E-state index in [4.69, 9.17) is 23.7 Å². The van der Waals surface area contributed by atoms with Crippen molar-refractivity contribution in [2.24, 2.45) is 0 Å². The molecule has 3 N–H and O–H groups in total. The number of hydrogen-bond donors (Lipinski definition) is 3. The Kier molecular flexibility index (Phi) is 47.4. The Bertz CT molecular complexity index is 1540. The highest BCUT2D eigenvalue weighted by Gasteiger charge is 2.50. The molecule has 0 aliphatic carbocycles. The number of esters is 3. The third kappa shape index (κ3) is 41.2. The van der Waals surface area contributed by atoms with Gasteiger partial charge in [-0.3, -0.25) is 14.4 Å². The summed E-state index contributed by atoms with van der Waals surface area (Å²) in [5, 5.41) is 31.5. The van der Waals surface area contributed by atoms with E-state index in [1.165, 1.54) is 103 Å². The van der Waals surface area contributed by atoms with Gasteiger partial charge in [-0.15, -0.1) is 0 Å². The molecule has 12 nitrogen and oxygen atoms in total. The summed E-state index contributed by atoms with van der Waals surface area (Å²) < 4.78 is 28.4. The summed E-state index contributed by atoms with van der Waals surface area (Å²) in [4.78, 5) is 51.1. The predicted octanol–water partition coefficient (Wildman–Crippen LogP) is 15.6. The van der Waals surface area contributed by atoms with Crippen LogP contribution in [0.1, 0.15) is 265 Å².